The second-order valence-electron chi connectivity index (χ2n) is 5.14. The third-order valence-electron chi connectivity index (χ3n) is 3.76. The molecule has 3 nitrogen and oxygen atoms in total. The minimum atomic E-state index is -0.347. The third kappa shape index (κ3) is 3.05. The maximum atomic E-state index is 13.2. The zero-order valence-corrected chi connectivity index (χ0v) is 11.6. The van der Waals surface area contributed by atoms with Crippen LogP contribution >= 0.6 is 0 Å². The van der Waals surface area contributed by atoms with Crippen molar-refractivity contribution in [2.24, 2.45) is 0 Å². The lowest BCUT2D eigenvalue weighted by atomic mass is 10.1. The molecule has 1 aliphatic rings. The maximum absolute atomic E-state index is 13.2. The molecule has 1 unspecified atom stereocenters. The van der Waals surface area contributed by atoms with E-state index >= 15 is 0 Å². The highest BCUT2D eigenvalue weighted by Gasteiger charge is 2.24. The fraction of sp³-hybridized carbons (Fsp3) is 0.533. The smallest absolute Gasteiger partial charge is 0.124 e. The Morgan fingerprint density at radius 2 is 2.21 bits per heavy atom. The number of nitrogens with zero attached hydrogens (tertiary/aromatic N) is 3. The average Bonchev–Trinajstić information content (AvgIpc) is 2.60. The largest absolute Gasteiger partial charge is 0.366 e. The number of halogens is 1. The van der Waals surface area contributed by atoms with Crippen molar-refractivity contribution in [1.82, 2.24) is 4.90 Å². The van der Waals surface area contributed by atoms with Crippen molar-refractivity contribution in [3.63, 3.8) is 0 Å². The molecule has 2 rings (SSSR count). The average molecular weight is 261 g/mol. The molecule has 1 atom stereocenters. The second kappa shape index (κ2) is 6.03. The molecule has 1 aromatic carbocycles. The summed E-state index contributed by atoms with van der Waals surface area (Å²) in [7, 11) is 2.13. The van der Waals surface area contributed by atoms with Crippen molar-refractivity contribution in [3.05, 3.63) is 29.6 Å². The summed E-state index contributed by atoms with van der Waals surface area (Å²) in [5, 5.41) is 9.20. The van der Waals surface area contributed by atoms with Gasteiger partial charge in [-0.15, -0.1) is 0 Å². The zero-order valence-electron chi connectivity index (χ0n) is 11.6. The number of nitriles is 1. The molecular weight excluding hydrogens is 241 g/mol. The number of benzene rings is 1. The predicted molar refractivity (Wildman–Crippen MR) is 74.7 cm³/mol. The predicted octanol–water partition coefficient (Wildman–Crippen LogP) is 2.62. The van der Waals surface area contributed by atoms with E-state index in [1.54, 1.807) is 6.07 Å². The Hall–Kier alpha value is -1.60. The number of rotatable bonds is 2. The summed E-state index contributed by atoms with van der Waals surface area (Å²) >= 11 is 0. The summed E-state index contributed by atoms with van der Waals surface area (Å²) < 4.78 is 13.2. The fourth-order valence-electron chi connectivity index (χ4n) is 2.76. The van der Waals surface area contributed by atoms with Crippen LogP contribution in [0.3, 0.4) is 0 Å². The normalized spacial score (nSPS) is 20.9. The van der Waals surface area contributed by atoms with Gasteiger partial charge >= 0.3 is 0 Å². The third-order valence-corrected chi connectivity index (χ3v) is 3.76. The lowest BCUT2D eigenvalue weighted by Gasteiger charge is -2.32. The molecule has 1 heterocycles. The molecule has 1 fully saturated rings. The molecule has 0 saturated carbocycles. The van der Waals surface area contributed by atoms with Crippen molar-refractivity contribution < 1.29 is 4.39 Å². The minimum Gasteiger partial charge on any atom is -0.366 e. The SMILES string of the molecule is CCC1CN(C)CCCN1c1ccc(F)cc1C#N. The van der Waals surface area contributed by atoms with Gasteiger partial charge in [-0.3, -0.25) is 0 Å². The van der Waals surface area contributed by atoms with E-state index < -0.39 is 0 Å². The number of anilines is 1. The van der Waals surface area contributed by atoms with Crippen molar-refractivity contribution in [1.29, 1.82) is 5.26 Å². The van der Waals surface area contributed by atoms with Gasteiger partial charge in [-0.1, -0.05) is 6.92 Å². The molecule has 1 saturated heterocycles. The fourth-order valence-corrected chi connectivity index (χ4v) is 2.76. The Morgan fingerprint density at radius 3 is 2.89 bits per heavy atom. The molecule has 1 aromatic rings. The van der Waals surface area contributed by atoms with Crippen LogP contribution in [0.15, 0.2) is 18.2 Å². The van der Waals surface area contributed by atoms with Gasteiger partial charge in [-0.05, 0) is 44.6 Å². The first-order valence-corrected chi connectivity index (χ1v) is 6.80. The van der Waals surface area contributed by atoms with Gasteiger partial charge in [0.2, 0.25) is 0 Å². The van der Waals surface area contributed by atoms with Crippen LogP contribution in [-0.4, -0.2) is 37.6 Å². The maximum Gasteiger partial charge on any atom is 0.124 e. The van der Waals surface area contributed by atoms with E-state index in [-0.39, 0.29) is 5.82 Å². The lowest BCUT2D eigenvalue weighted by Crippen LogP contribution is -2.40. The second-order valence-corrected chi connectivity index (χ2v) is 5.14. The van der Waals surface area contributed by atoms with Crippen LogP contribution in [0.2, 0.25) is 0 Å². The van der Waals surface area contributed by atoms with Crippen molar-refractivity contribution in [2.45, 2.75) is 25.8 Å². The summed E-state index contributed by atoms with van der Waals surface area (Å²) in [5.74, 6) is -0.347. The molecule has 0 spiro atoms. The van der Waals surface area contributed by atoms with Crippen LogP contribution < -0.4 is 4.90 Å². The van der Waals surface area contributed by atoms with Gasteiger partial charge in [0.1, 0.15) is 11.9 Å². The van der Waals surface area contributed by atoms with Crippen LogP contribution in [0.1, 0.15) is 25.3 Å². The first-order valence-electron chi connectivity index (χ1n) is 6.80. The summed E-state index contributed by atoms with van der Waals surface area (Å²) in [6.45, 7) is 5.13. The van der Waals surface area contributed by atoms with E-state index in [4.69, 9.17) is 0 Å². The van der Waals surface area contributed by atoms with Crippen molar-refractivity contribution in [2.75, 3.05) is 31.6 Å². The van der Waals surface area contributed by atoms with Gasteiger partial charge in [0.25, 0.3) is 0 Å². The highest BCUT2D eigenvalue weighted by molar-refractivity contribution is 5.60. The molecule has 0 amide bonds. The van der Waals surface area contributed by atoms with Gasteiger partial charge in [-0.25, -0.2) is 4.39 Å². The molecule has 102 valence electrons. The molecule has 0 bridgehead atoms. The van der Waals surface area contributed by atoms with Gasteiger partial charge in [0, 0.05) is 19.1 Å². The summed E-state index contributed by atoms with van der Waals surface area (Å²) in [6, 6.07) is 7.00. The molecule has 0 aliphatic carbocycles. The van der Waals surface area contributed by atoms with Crippen molar-refractivity contribution in [3.8, 4) is 6.07 Å². The Balaban J connectivity index is 2.35. The van der Waals surface area contributed by atoms with Gasteiger partial charge in [0.05, 0.1) is 11.3 Å². The number of hydrogen-bond donors (Lipinski definition) is 0. The summed E-state index contributed by atoms with van der Waals surface area (Å²) in [5.41, 5.74) is 1.30. The highest BCUT2D eigenvalue weighted by Crippen LogP contribution is 2.26. The van der Waals surface area contributed by atoms with Gasteiger partial charge < -0.3 is 9.80 Å². The summed E-state index contributed by atoms with van der Waals surface area (Å²) in [6.07, 6.45) is 2.09. The van der Waals surface area contributed by atoms with Crippen LogP contribution in [0.5, 0.6) is 0 Å². The highest BCUT2D eigenvalue weighted by atomic mass is 19.1. The molecule has 0 N–H and O–H groups in total. The van der Waals surface area contributed by atoms with Crippen LogP contribution in [0, 0.1) is 17.1 Å². The van der Waals surface area contributed by atoms with Gasteiger partial charge in [-0.2, -0.15) is 5.26 Å². The molecule has 19 heavy (non-hydrogen) atoms. The first-order chi connectivity index (χ1) is 9.15. The molecule has 0 aromatic heterocycles. The minimum absolute atomic E-state index is 0.347. The van der Waals surface area contributed by atoms with E-state index in [1.165, 1.54) is 12.1 Å². The van der Waals surface area contributed by atoms with E-state index in [0.717, 1.165) is 38.2 Å². The Labute approximate surface area is 114 Å². The molecule has 0 radical (unpaired) electrons. The molecule has 4 heteroatoms. The zero-order chi connectivity index (χ0) is 13.8. The first kappa shape index (κ1) is 13.8. The van der Waals surface area contributed by atoms with Crippen LogP contribution in [0.25, 0.3) is 0 Å². The van der Waals surface area contributed by atoms with Gasteiger partial charge in [0.15, 0.2) is 0 Å². The van der Waals surface area contributed by atoms with E-state index in [2.05, 4.69) is 29.8 Å². The van der Waals surface area contributed by atoms with E-state index in [0.29, 0.717) is 11.6 Å². The number of hydrogen-bond acceptors (Lipinski definition) is 3. The van der Waals surface area contributed by atoms with Crippen LogP contribution in [-0.2, 0) is 0 Å². The Morgan fingerprint density at radius 1 is 1.42 bits per heavy atom. The standard InChI is InChI=1S/C15H20FN3/c1-3-14-11-18(2)7-4-8-19(14)15-6-5-13(16)9-12(15)10-17/h5-6,9,14H,3-4,7-8,11H2,1-2H3. The molecule has 1 aliphatic heterocycles. The van der Waals surface area contributed by atoms with E-state index in [9.17, 15) is 9.65 Å². The molecular formula is C15H20FN3. The Bertz CT molecular complexity index is 481. The number of likely N-dealkylation sites (N-methyl/N-ethyl adjacent to an activating group) is 1. The quantitative estimate of drug-likeness (QED) is 0.820. The monoisotopic (exact) mass is 261 g/mol. The van der Waals surface area contributed by atoms with Crippen LogP contribution in [0.4, 0.5) is 10.1 Å². The topological polar surface area (TPSA) is 30.3 Å². The Kier molecular flexibility index (Phi) is 4.39. The van der Waals surface area contributed by atoms with E-state index in [1.807, 2.05) is 0 Å². The summed E-state index contributed by atoms with van der Waals surface area (Å²) in [4.78, 5) is 4.59. The van der Waals surface area contributed by atoms with Crippen molar-refractivity contribution >= 4 is 5.69 Å². The lowest BCUT2D eigenvalue weighted by molar-refractivity contribution is 0.328.